The van der Waals surface area contributed by atoms with Crippen molar-refractivity contribution in [2.24, 2.45) is 0 Å². The molecule has 0 amide bonds. The number of carbonyl (C=O) groups is 7. The lowest BCUT2D eigenvalue weighted by Crippen LogP contribution is -2.64. The van der Waals surface area contributed by atoms with Crippen molar-refractivity contribution < 1.29 is 80.9 Å². The van der Waals surface area contributed by atoms with Crippen molar-refractivity contribution in [3.63, 3.8) is 0 Å². The molecular formula is C79H61ClO17. The molecule has 0 radical (unpaired) electrons. The summed E-state index contributed by atoms with van der Waals surface area (Å²) in [6.45, 7) is -1.47. The Hall–Kier alpha value is -11.3. The van der Waals surface area contributed by atoms with Crippen LogP contribution in [0.2, 0.25) is 0 Å². The summed E-state index contributed by atoms with van der Waals surface area (Å²) in [7, 11) is 0. The Bertz CT molecular complexity index is 4310. The zero-order chi connectivity index (χ0) is 67.0. The minimum Gasteiger partial charge on any atom is -0.459 e. The molecule has 0 aliphatic carbocycles. The summed E-state index contributed by atoms with van der Waals surface area (Å²) >= 11 is 7.27. The largest absolute Gasteiger partial charge is 0.459 e. The van der Waals surface area contributed by atoms with E-state index in [1.165, 1.54) is 48.5 Å². The maximum atomic E-state index is 14.9. The molecule has 0 bridgehead atoms. The van der Waals surface area contributed by atoms with E-state index in [0.717, 1.165) is 33.4 Å². The second kappa shape index (κ2) is 31.3. The quantitative estimate of drug-likeness (QED) is 0.0372. The van der Waals surface area contributed by atoms with Crippen LogP contribution < -0.4 is 0 Å². The van der Waals surface area contributed by atoms with Crippen molar-refractivity contribution >= 4 is 53.4 Å². The van der Waals surface area contributed by atoms with Crippen LogP contribution in [-0.2, 0) is 47.4 Å². The Labute approximate surface area is 562 Å². The zero-order valence-electron chi connectivity index (χ0n) is 51.6. The number of carbonyl (C=O) groups excluding carboxylic acids is 7. The smallest absolute Gasteiger partial charge is 0.338 e. The molecule has 97 heavy (non-hydrogen) atoms. The standard InChI is InChI=1S/C79H61ClO17/c80-71-69(96-78(87)62-46-40-55(41-47-62)52-26-12-3-13-27-52)67(94-77(86)61-44-38-54(39-45-61)51-24-10-2-11-25-51)65(92-76(85)60-42-36-53(37-43-60)50-22-8-1-9-23-50)63(90-71)49-89-79-70(97-75(84)59-34-20-7-21-35-59)68(95-74(83)58-32-18-6-19-33-58)66(93-73(82)57-30-16-5-17-31-57)64(91-79)48-88-72(81)56-28-14-4-15-29-56/h1-47,63-71,79H,48-49H2/t63-,64-,65+,66-,67+,68+,69-,70-,71+,79-/m1/s1. The van der Waals surface area contributed by atoms with Crippen molar-refractivity contribution in [2.75, 3.05) is 13.2 Å². The summed E-state index contributed by atoms with van der Waals surface area (Å²) < 4.78 is 63.8. The predicted octanol–water partition coefficient (Wildman–Crippen LogP) is 13.9. The molecule has 0 saturated carbocycles. The fourth-order valence-electron chi connectivity index (χ4n) is 11.1. The topological polar surface area (TPSA) is 212 Å². The highest BCUT2D eigenvalue weighted by molar-refractivity contribution is 6.20. The first-order chi connectivity index (χ1) is 47.4. The van der Waals surface area contributed by atoms with Gasteiger partial charge in [0.25, 0.3) is 0 Å². The molecule has 0 unspecified atom stereocenters. The molecule has 0 N–H and O–H groups in total. The summed E-state index contributed by atoms with van der Waals surface area (Å²) in [6.07, 6.45) is -16.0. The van der Waals surface area contributed by atoms with Gasteiger partial charge in [0.1, 0.15) is 18.8 Å². The van der Waals surface area contributed by atoms with E-state index in [-0.39, 0.29) is 38.9 Å². The second-order valence-electron chi connectivity index (χ2n) is 22.5. The van der Waals surface area contributed by atoms with E-state index in [0.29, 0.717) is 0 Å². The van der Waals surface area contributed by atoms with E-state index in [1.807, 2.05) is 91.0 Å². The second-order valence-corrected chi connectivity index (χ2v) is 22.9. The van der Waals surface area contributed by atoms with Crippen molar-refractivity contribution in [3.05, 3.63) is 324 Å². The first-order valence-corrected chi connectivity index (χ1v) is 31.5. The number of hydrogen-bond acceptors (Lipinski definition) is 17. The molecule has 0 aromatic heterocycles. The van der Waals surface area contributed by atoms with Crippen LogP contribution >= 0.6 is 11.6 Å². The van der Waals surface area contributed by atoms with Gasteiger partial charge in [-0.25, -0.2) is 33.6 Å². The van der Waals surface area contributed by atoms with Gasteiger partial charge in [-0.15, -0.1) is 0 Å². The van der Waals surface area contributed by atoms with Crippen LogP contribution in [0.15, 0.2) is 285 Å². The average Bonchev–Trinajstić information content (AvgIpc) is 0.784. The maximum Gasteiger partial charge on any atom is 0.338 e. The molecule has 2 saturated heterocycles. The molecule has 18 heteroatoms. The lowest BCUT2D eigenvalue weighted by Gasteiger charge is -2.46. The van der Waals surface area contributed by atoms with Crippen LogP contribution in [0.25, 0.3) is 33.4 Å². The fraction of sp³-hybridized carbons (Fsp3) is 0.152. The van der Waals surface area contributed by atoms with E-state index in [9.17, 15) is 33.6 Å². The van der Waals surface area contributed by atoms with Crippen molar-refractivity contribution in [2.45, 2.75) is 60.7 Å². The molecule has 12 rings (SSSR count). The molecule has 10 atom stereocenters. The highest BCUT2D eigenvalue weighted by atomic mass is 35.5. The summed E-state index contributed by atoms with van der Waals surface area (Å²) in [5.74, 6) is -6.52. The molecule has 2 heterocycles. The predicted molar refractivity (Wildman–Crippen MR) is 356 cm³/mol. The molecule has 2 aliphatic heterocycles. The van der Waals surface area contributed by atoms with E-state index >= 15 is 0 Å². The van der Waals surface area contributed by atoms with Gasteiger partial charge in [-0.3, -0.25) is 0 Å². The van der Waals surface area contributed by atoms with Crippen LogP contribution in [0.5, 0.6) is 0 Å². The van der Waals surface area contributed by atoms with Gasteiger partial charge in [-0.2, -0.15) is 0 Å². The molecular weight excluding hydrogens is 1260 g/mol. The van der Waals surface area contributed by atoms with Crippen LogP contribution in [-0.4, -0.2) is 116 Å². The molecule has 17 nitrogen and oxygen atoms in total. The highest BCUT2D eigenvalue weighted by Crippen LogP contribution is 2.37. The van der Waals surface area contributed by atoms with Crippen LogP contribution in [0.4, 0.5) is 0 Å². The van der Waals surface area contributed by atoms with Crippen LogP contribution in [0.3, 0.4) is 0 Å². The third-order valence-electron chi connectivity index (χ3n) is 16.2. The number of alkyl halides is 1. The number of benzene rings is 10. The number of esters is 7. The van der Waals surface area contributed by atoms with Crippen molar-refractivity contribution in [3.8, 4) is 33.4 Å². The maximum absolute atomic E-state index is 14.9. The van der Waals surface area contributed by atoms with E-state index in [4.69, 9.17) is 59.0 Å². The van der Waals surface area contributed by atoms with Gasteiger partial charge in [-0.1, -0.05) is 212 Å². The SMILES string of the molecule is O=C(OC[C@H]1O[C@@H](OC[C@H]2O[C@H](Cl)[C@H](OC(=O)c3ccc(-c4ccccc4)cc3)[C@@H](OC(=O)c3ccc(-c4ccccc4)cc3)[C@H]2OC(=O)c2ccc(-c3ccccc3)cc2)[C@H](OC(=O)c2ccccc2)[C@@H](OC(=O)c2ccccc2)[C@@H]1OC(=O)c1ccccc1)c1ccccc1. The monoisotopic (exact) mass is 1320 g/mol. The number of hydrogen-bond donors (Lipinski definition) is 0. The van der Waals surface area contributed by atoms with Gasteiger partial charge in [0.2, 0.25) is 0 Å². The summed E-state index contributed by atoms with van der Waals surface area (Å²) in [5.41, 5.74) is 3.70. The van der Waals surface area contributed by atoms with E-state index in [2.05, 4.69) is 0 Å². The lowest BCUT2D eigenvalue weighted by molar-refractivity contribution is -0.309. The Morgan fingerprint density at radius 3 is 0.845 bits per heavy atom. The Morgan fingerprint density at radius 2 is 0.505 bits per heavy atom. The van der Waals surface area contributed by atoms with Gasteiger partial charge < -0.3 is 47.4 Å². The molecule has 2 aliphatic rings. The third-order valence-corrected chi connectivity index (χ3v) is 16.5. The summed E-state index contributed by atoms with van der Waals surface area (Å²) in [4.78, 5) is 102. The normalized spacial score (nSPS) is 20.3. The molecule has 2 fully saturated rings. The Morgan fingerprint density at radius 1 is 0.258 bits per heavy atom. The van der Waals surface area contributed by atoms with Gasteiger partial charge in [0.15, 0.2) is 48.5 Å². The molecule has 10 aromatic carbocycles. The molecule has 10 aromatic rings. The van der Waals surface area contributed by atoms with E-state index in [1.54, 1.807) is 146 Å². The Kier molecular flexibility index (Phi) is 21.2. The zero-order valence-corrected chi connectivity index (χ0v) is 52.4. The lowest BCUT2D eigenvalue weighted by atomic mass is 9.97. The third kappa shape index (κ3) is 16.3. The van der Waals surface area contributed by atoms with Gasteiger partial charge >= 0.3 is 41.8 Å². The molecule has 486 valence electrons. The number of rotatable bonds is 21. The van der Waals surface area contributed by atoms with Crippen LogP contribution in [0, 0.1) is 0 Å². The summed E-state index contributed by atoms with van der Waals surface area (Å²) in [6, 6.07) is 79.5. The van der Waals surface area contributed by atoms with Crippen LogP contribution in [0.1, 0.15) is 72.5 Å². The highest BCUT2D eigenvalue weighted by Gasteiger charge is 2.56. The fourth-order valence-corrected chi connectivity index (χ4v) is 11.4. The van der Waals surface area contributed by atoms with Gasteiger partial charge in [-0.05, 0) is 118 Å². The first-order valence-electron chi connectivity index (χ1n) is 31.1. The number of ether oxygens (including phenoxy) is 10. The van der Waals surface area contributed by atoms with Crippen molar-refractivity contribution in [1.29, 1.82) is 0 Å². The van der Waals surface area contributed by atoms with Gasteiger partial charge in [0.05, 0.1) is 45.6 Å². The first kappa shape index (κ1) is 65.7. The van der Waals surface area contributed by atoms with Gasteiger partial charge in [0, 0.05) is 0 Å². The van der Waals surface area contributed by atoms with Crippen molar-refractivity contribution in [1.82, 2.24) is 0 Å². The minimum atomic E-state index is -1.91. The minimum absolute atomic E-state index is 0.0302. The average molecular weight is 1320 g/mol. The Balaban J connectivity index is 0.937. The number of halogens is 1. The summed E-state index contributed by atoms with van der Waals surface area (Å²) in [5, 5.41) is 0. The molecule has 0 spiro atoms. The van der Waals surface area contributed by atoms with E-state index < -0.39 is 116 Å².